The second kappa shape index (κ2) is 10.2. The van der Waals surface area contributed by atoms with Gasteiger partial charge in [-0.05, 0) is 67.1 Å². The number of aryl methyl sites for hydroxylation is 1. The third kappa shape index (κ3) is 5.65. The Morgan fingerprint density at radius 1 is 0.970 bits per heavy atom. The van der Waals surface area contributed by atoms with Gasteiger partial charge in [-0.3, -0.25) is 4.79 Å². The lowest BCUT2D eigenvalue weighted by Crippen LogP contribution is -2.27. The summed E-state index contributed by atoms with van der Waals surface area (Å²) in [5.41, 5.74) is 2.41. The van der Waals surface area contributed by atoms with Gasteiger partial charge in [-0.1, -0.05) is 17.7 Å². The first-order chi connectivity index (χ1) is 15.6. The van der Waals surface area contributed by atoms with Crippen molar-refractivity contribution in [1.29, 1.82) is 0 Å². The minimum absolute atomic E-state index is 0.00300. The van der Waals surface area contributed by atoms with Crippen LogP contribution in [0.15, 0.2) is 65.6 Å². The highest BCUT2D eigenvalue weighted by molar-refractivity contribution is 7.89. The molecule has 0 atom stereocenters. The molecule has 0 radical (unpaired) electrons. The fourth-order valence-electron chi connectivity index (χ4n) is 3.27. The fourth-order valence-corrected chi connectivity index (χ4v) is 4.54. The number of hydrogen-bond donors (Lipinski definition) is 1. The second-order valence-corrected chi connectivity index (χ2v) is 9.88. The van der Waals surface area contributed by atoms with Crippen molar-refractivity contribution in [3.63, 3.8) is 0 Å². The topological polar surface area (TPSA) is 84.9 Å². The number of carbonyl (C=O) groups is 1. The van der Waals surface area contributed by atoms with Crippen LogP contribution < -0.4 is 14.8 Å². The summed E-state index contributed by atoms with van der Waals surface area (Å²) in [5.74, 6) is 0.653. The monoisotopic (exact) mass is 488 g/mol. The van der Waals surface area contributed by atoms with Crippen molar-refractivity contribution in [3.8, 4) is 11.5 Å². The molecule has 0 spiro atoms. The summed E-state index contributed by atoms with van der Waals surface area (Å²) in [7, 11) is 0.714. The van der Waals surface area contributed by atoms with Crippen molar-refractivity contribution >= 4 is 33.2 Å². The Hall–Kier alpha value is -3.07. The van der Waals surface area contributed by atoms with Crippen LogP contribution in [0.2, 0.25) is 5.02 Å². The largest absolute Gasteiger partial charge is 0.496 e. The number of carbonyl (C=O) groups excluding carboxylic acids is 1. The van der Waals surface area contributed by atoms with Gasteiger partial charge < -0.3 is 14.8 Å². The normalized spacial score (nSPS) is 11.3. The highest BCUT2D eigenvalue weighted by Gasteiger charge is 2.23. The van der Waals surface area contributed by atoms with Crippen molar-refractivity contribution in [2.75, 3.05) is 26.6 Å². The molecule has 0 saturated carbocycles. The van der Waals surface area contributed by atoms with Crippen molar-refractivity contribution in [3.05, 3.63) is 82.4 Å². The summed E-state index contributed by atoms with van der Waals surface area (Å²) < 4.78 is 37.8. The van der Waals surface area contributed by atoms with E-state index in [1.807, 2.05) is 19.1 Å². The third-order valence-electron chi connectivity index (χ3n) is 5.06. The zero-order valence-corrected chi connectivity index (χ0v) is 20.3. The van der Waals surface area contributed by atoms with Gasteiger partial charge in [0.1, 0.15) is 11.5 Å². The summed E-state index contributed by atoms with van der Waals surface area (Å²) in [4.78, 5) is 13.0. The second-order valence-electron chi connectivity index (χ2n) is 7.40. The summed E-state index contributed by atoms with van der Waals surface area (Å²) in [6.45, 7) is 1.92. The fraction of sp³-hybridized carbons (Fsp3) is 0.208. The lowest BCUT2D eigenvalue weighted by Gasteiger charge is -2.19. The predicted octanol–water partition coefficient (Wildman–Crippen LogP) is 4.74. The molecule has 174 valence electrons. The first-order valence-corrected chi connectivity index (χ1v) is 11.8. The first-order valence-electron chi connectivity index (χ1n) is 10.0. The number of anilines is 1. The van der Waals surface area contributed by atoms with Crippen LogP contribution in [0.1, 0.15) is 21.5 Å². The lowest BCUT2D eigenvalue weighted by molar-refractivity contribution is 0.102. The van der Waals surface area contributed by atoms with Crippen LogP contribution in [0.3, 0.4) is 0 Å². The maximum atomic E-state index is 13.0. The average Bonchev–Trinajstić information content (AvgIpc) is 2.79. The van der Waals surface area contributed by atoms with Gasteiger partial charge in [0.25, 0.3) is 5.91 Å². The molecule has 0 fully saturated rings. The van der Waals surface area contributed by atoms with Crippen LogP contribution in [-0.4, -0.2) is 39.9 Å². The van der Waals surface area contributed by atoms with E-state index < -0.39 is 10.0 Å². The molecule has 1 amide bonds. The van der Waals surface area contributed by atoms with E-state index >= 15 is 0 Å². The number of methoxy groups -OCH3 is 2. The smallest absolute Gasteiger partial charge is 0.255 e. The number of rotatable bonds is 8. The molecular weight excluding hydrogens is 464 g/mol. The Kier molecular flexibility index (Phi) is 7.63. The van der Waals surface area contributed by atoms with Crippen LogP contribution in [0, 0.1) is 6.92 Å². The quantitative estimate of drug-likeness (QED) is 0.495. The molecule has 0 saturated heterocycles. The maximum Gasteiger partial charge on any atom is 0.255 e. The Bertz CT molecular complexity index is 1260. The standard InChI is InChI=1S/C24H25ClN2O5S/c1-16-5-11-23(32-4)21(13-16)26-24(28)17-6-12-22(31-3)18(14-17)15-27(2)33(29,30)20-9-7-19(25)8-10-20/h5-14H,15H2,1-4H3,(H,26,28). The molecule has 33 heavy (non-hydrogen) atoms. The molecule has 7 nitrogen and oxygen atoms in total. The van der Waals surface area contributed by atoms with Crippen LogP contribution in [0.25, 0.3) is 0 Å². The van der Waals surface area contributed by atoms with Gasteiger partial charge in [-0.25, -0.2) is 8.42 Å². The van der Waals surface area contributed by atoms with Crippen molar-refractivity contribution in [1.82, 2.24) is 4.31 Å². The molecule has 9 heteroatoms. The number of hydrogen-bond acceptors (Lipinski definition) is 5. The van der Waals surface area contributed by atoms with E-state index in [1.54, 1.807) is 24.3 Å². The van der Waals surface area contributed by atoms with Crippen LogP contribution in [0.5, 0.6) is 11.5 Å². The number of ether oxygens (including phenoxy) is 2. The molecule has 0 aliphatic rings. The molecule has 3 aromatic rings. The number of nitrogens with zero attached hydrogens (tertiary/aromatic N) is 1. The van der Waals surface area contributed by atoms with Crippen molar-refractivity contribution < 1.29 is 22.7 Å². The molecule has 0 bridgehead atoms. The number of halogens is 1. The lowest BCUT2D eigenvalue weighted by atomic mass is 10.1. The van der Waals surface area contributed by atoms with Crippen LogP contribution in [0.4, 0.5) is 5.69 Å². The number of amides is 1. The predicted molar refractivity (Wildman–Crippen MR) is 129 cm³/mol. The van der Waals surface area contributed by atoms with Gasteiger partial charge in [0, 0.05) is 29.7 Å². The SMILES string of the molecule is COc1ccc(C(=O)Nc2cc(C)ccc2OC)cc1CN(C)S(=O)(=O)c1ccc(Cl)cc1. The third-order valence-corrected chi connectivity index (χ3v) is 7.13. The van der Waals surface area contributed by atoms with Gasteiger partial charge in [0.05, 0.1) is 24.8 Å². The molecule has 1 N–H and O–H groups in total. The summed E-state index contributed by atoms with van der Waals surface area (Å²) in [6, 6.07) is 16.3. The molecular formula is C24H25ClN2O5S. The molecule has 3 rings (SSSR count). The zero-order valence-electron chi connectivity index (χ0n) is 18.8. The molecule has 0 heterocycles. The summed E-state index contributed by atoms with van der Waals surface area (Å²) in [6.07, 6.45) is 0. The van der Waals surface area contributed by atoms with E-state index in [2.05, 4.69) is 5.32 Å². The molecule has 0 unspecified atom stereocenters. The highest BCUT2D eigenvalue weighted by atomic mass is 35.5. The van der Waals surface area contributed by atoms with Crippen LogP contribution in [-0.2, 0) is 16.6 Å². The Morgan fingerprint density at radius 2 is 1.61 bits per heavy atom. The Balaban J connectivity index is 1.87. The molecule has 0 aliphatic carbocycles. The maximum absolute atomic E-state index is 13.0. The van der Waals surface area contributed by atoms with Gasteiger partial charge in [0.2, 0.25) is 10.0 Å². The summed E-state index contributed by atoms with van der Waals surface area (Å²) >= 11 is 5.87. The first kappa shape index (κ1) is 24.6. The number of nitrogens with one attached hydrogen (secondary N) is 1. The molecule has 3 aromatic carbocycles. The van der Waals surface area contributed by atoms with Crippen LogP contribution >= 0.6 is 11.6 Å². The van der Waals surface area contributed by atoms with Gasteiger partial charge in [-0.2, -0.15) is 4.31 Å². The van der Waals surface area contributed by atoms with E-state index in [1.165, 1.54) is 49.8 Å². The minimum Gasteiger partial charge on any atom is -0.496 e. The van der Waals surface area contributed by atoms with Gasteiger partial charge in [-0.15, -0.1) is 0 Å². The summed E-state index contributed by atoms with van der Waals surface area (Å²) in [5, 5.41) is 3.30. The number of benzene rings is 3. The van der Waals surface area contributed by atoms with Gasteiger partial charge in [0.15, 0.2) is 0 Å². The zero-order chi connectivity index (χ0) is 24.2. The molecule has 0 aliphatic heterocycles. The van der Waals surface area contributed by atoms with Crippen molar-refractivity contribution in [2.45, 2.75) is 18.4 Å². The van der Waals surface area contributed by atoms with E-state index in [0.29, 0.717) is 33.3 Å². The Morgan fingerprint density at radius 3 is 2.24 bits per heavy atom. The van der Waals surface area contributed by atoms with E-state index in [9.17, 15) is 13.2 Å². The van der Waals surface area contributed by atoms with E-state index in [4.69, 9.17) is 21.1 Å². The van der Waals surface area contributed by atoms with E-state index in [0.717, 1.165) is 5.56 Å². The number of sulfonamides is 1. The van der Waals surface area contributed by atoms with E-state index in [-0.39, 0.29) is 17.3 Å². The minimum atomic E-state index is -3.77. The van der Waals surface area contributed by atoms with Crippen molar-refractivity contribution in [2.24, 2.45) is 0 Å². The van der Waals surface area contributed by atoms with Gasteiger partial charge >= 0.3 is 0 Å². The Labute approximate surface area is 198 Å². The average molecular weight is 489 g/mol. The molecule has 0 aromatic heterocycles. The highest BCUT2D eigenvalue weighted by Crippen LogP contribution is 2.28.